The molecule has 4 atom stereocenters. The molecule has 0 aromatic carbocycles. The number of nitrogens with zero attached hydrogens (tertiary/aromatic N) is 3. The first-order valence-electron chi connectivity index (χ1n) is 9.90. The molecule has 2 amide bonds. The molecule has 1 N–H and O–H groups in total. The first-order valence-corrected chi connectivity index (χ1v) is 10.8. The average Bonchev–Trinajstić information content (AvgIpc) is 2.87. The van der Waals surface area contributed by atoms with Gasteiger partial charge in [-0.15, -0.1) is 11.8 Å². The van der Waals surface area contributed by atoms with E-state index in [1.165, 1.54) is 12.3 Å². The molecule has 1 fully saturated rings. The van der Waals surface area contributed by atoms with Gasteiger partial charge in [0.2, 0.25) is 0 Å². The number of carbonyl (C=O) groups is 2. The Hall–Kier alpha value is -2.14. The summed E-state index contributed by atoms with van der Waals surface area (Å²) in [4.78, 5) is 42.4. The molecule has 1 saturated heterocycles. The van der Waals surface area contributed by atoms with E-state index in [2.05, 4.69) is 4.98 Å². The minimum absolute atomic E-state index is 0.214. The van der Waals surface area contributed by atoms with Crippen molar-refractivity contribution in [2.75, 3.05) is 11.5 Å². The van der Waals surface area contributed by atoms with Gasteiger partial charge in [-0.2, -0.15) is 9.88 Å². The molecule has 0 radical (unpaired) electrons. The number of alkyl halides is 1. The Morgan fingerprint density at radius 1 is 1.19 bits per heavy atom. The van der Waals surface area contributed by atoms with E-state index in [0.29, 0.717) is 4.90 Å². The maximum absolute atomic E-state index is 14.7. The van der Waals surface area contributed by atoms with Gasteiger partial charge < -0.3 is 14.6 Å². The number of ether oxygens (including phenoxy) is 2. The van der Waals surface area contributed by atoms with Crippen LogP contribution in [0.2, 0.25) is 0 Å². The minimum atomic E-state index is -1.37. The summed E-state index contributed by atoms with van der Waals surface area (Å²) in [6.07, 6.45) is -2.22. The number of anilines is 1. The van der Waals surface area contributed by atoms with Crippen molar-refractivity contribution in [2.45, 2.75) is 76.5 Å². The van der Waals surface area contributed by atoms with E-state index in [1.807, 2.05) is 0 Å². The number of halogens is 1. The van der Waals surface area contributed by atoms with Crippen LogP contribution in [0.3, 0.4) is 0 Å². The molecule has 2 heterocycles. The Morgan fingerprint density at radius 2 is 1.71 bits per heavy atom. The minimum Gasteiger partial charge on any atom is -0.443 e. The molecule has 1 aromatic heterocycles. The van der Waals surface area contributed by atoms with Crippen molar-refractivity contribution in [3.05, 3.63) is 22.7 Å². The van der Waals surface area contributed by atoms with E-state index in [9.17, 15) is 23.9 Å². The molecule has 31 heavy (non-hydrogen) atoms. The van der Waals surface area contributed by atoms with Crippen molar-refractivity contribution in [1.82, 2.24) is 9.55 Å². The van der Waals surface area contributed by atoms with E-state index in [0.717, 1.165) is 16.3 Å². The maximum atomic E-state index is 14.7. The summed E-state index contributed by atoms with van der Waals surface area (Å²) >= 11 is 1.14. The zero-order valence-corrected chi connectivity index (χ0v) is 19.6. The summed E-state index contributed by atoms with van der Waals surface area (Å²) in [6.45, 7) is 11.2. The highest BCUT2D eigenvalue weighted by molar-refractivity contribution is 8.00. The van der Waals surface area contributed by atoms with Crippen LogP contribution in [0.5, 0.6) is 0 Å². The van der Waals surface area contributed by atoms with Crippen molar-refractivity contribution in [3.8, 4) is 0 Å². The third-order valence-electron chi connectivity index (χ3n) is 4.33. The normalized spacial score (nSPS) is 24.0. The van der Waals surface area contributed by atoms with E-state index in [-0.39, 0.29) is 17.7 Å². The molecule has 11 heteroatoms. The number of aromatic nitrogens is 2. The van der Waals surface area contributed by atoms with Crippen molar-refractivity contribution >= 4 is 29.8 Å². The number of hydrogen-bond acceptors (Lipinski definition) is 8. The second-order valence-corrected chi connectivity index (χ2v) is 10.7. The van der Waals surface area contributed by atoms with Crippen LogP contribution >= 0.6 is 11.8 Å². The highest BCUT2D eigenvalue weighted by Crippen LogP contribution is 2.46. The number of carbonyl (C=O) groups excluding carboxylic acids is 2. The topological polar surface area (TPSA) is 111 Å². The number of rotatable bonds is 3. The zero-order chi connectivity index (χ0) is 23.7. The van der Waals surface area contributed by atoms with E-state index < -0.39 is 46.5 Å². The van der Waals surface area contributed by atoms with Crippen molar-refractivity contribution in [3.63, 3.8) is 0 Å². The molecular weight excluding hydrogens is 429 g/mol. The van der Waals surface area contributed by atoms with Crippen molar-refractivity contribution in [1.29, 1.82) is 0 Å². The highest BCUT2D eigenvalue weighted by Gasteiger charge is 2.43. The van der Waals surface area contributed by atoms with Gasteiger partial charge in [0.15, 0.2) is 5.82 Å². The fraction of sp³-hybridized carbons (Fsp3) is 0.700. The summed E-state index contributed by atoms with van der Waals surface area (Å²) in [5.74, 6) is -0.749. The molecular formula is C20H30FN3O6S. The Morgan fingerprint density at radius 3 is 2.10 bits per heavy atom. The zero-order valence-electron chi connectivity index (χ0n) is 18.8. The molecule has 0 saturated carbocycles. The quantitative estimate of drug-likeness (QED) is 0.731. The van der Waals surface area contributed by atoms with Gasteiger partial charge in [0.25, 0.3) is 0 Å². The molecule has 1 aromatic rings. The lowest BCUT2D eigenvalue weighted by molar-refractivity contribution is 0.0428. The summed E-state index contributed by atoms with van der Waals surface area (Å²) in [6, 6.07) is 1.25. The molecule has 2 rings (SSSR count). The number of hydrogen-bond donors (Lipinski definition) is 1. The number of imide groups is 1. The molecule has 174 valence electrons. The lowest BCUT2D eigenvalue weighted by Gasteiger charge is -2.28. The third kappa shape index (κ3) is 6.19. The Balaban J connectivity index is 2.41. The SMILES string of the molecule is C[C@H]1[C@H](F)[C@H](n2ccc(N(C(=O)OC(C)(C)C)C(=O)OC(C)(C)C)nc2=O)S[C@@H]1CO. The molecule has 1 aliphatic rings. The van der Waals surface area contributed by atoms with Gasteiger partial charge in [-0.25, -0.2) is 18.8 Å². The Kier molecular flexibility index (Phi) is 7.42. The number of aliphatic hydroxyl groups is 1. The van der Waals surface area contributed by atoms with Gasteiger partial charge >= 0.3 is 17.9 Å². The predicted octanol–water partition coefficient (Wildman–Crippen LogP) is 3.50. The summed E-state index contributed by atoms with van der Waals surface area (Å²) < 4.78 is 26.3. The van der Waals surface area contributed by atoms with Crippen LogP contribution in [-0.2, 0) is 9.47 Å². The highest BCUT2D eigenvalue weighted by atomic mass is 32.2. The average molecular weight is 460 g/mol. The van der Waals surface area contributed by atoms with Crippen LogP contribution in [0, 0.1) is 5.92 Å². The van der Waals surface area contributed by atoms with Gasteiger partial charge in [0, 0.05) is 17.4 Å². The second kappa shape index (κ2) is 9.15. The summed E-state index contributed by atoms with van der Waals surface area (Å²) in [5, 5.41) is 8.18. The molecule has 0 spiro atoms. The first kappa shape index (κ1) is 25.1. The molecule has 9 nitrogen and oxygen atoms in total. The molecule has 0 bridgehead atoms. The largest absolute Gasteiger partial charge is 0.443 e. The second-order valence-electron chi connectivity index (χ2n) is 9.32. The van der Waals surface area contributed by atoms with Crippen LogP contribution in [0.1, 0.15) is 53.8 Å². The maximum Gasteiger partial charge on any atom is 0.425 e. The van der Waals surface area contributed by atoms with Gasteiger partial charge in [0.1, 0.15) is 22.7 Å². The Bertz CT molecular complexity index is 851. The van der Waals surface area contributed by atoms with Gasteiger partial charge in [0.05, 0.1) is 6.61 Å². The monoisotopic (exact) mass is 459 g/mol. The first-order chi connectivity index (χ1) is 14.1. The van der Waals surface area contributed by atoms with Gasteiger partial charge in [-0.3, -0.25) is 4.57 Å². The fourth-order valence-electron chi connectivity index (χ4n) is 2.87. The van der Waals surface area contributed by atoms with E-state index in [4.69, 9.17) is 9.47 Å². The van der Waals surface area contributed by atoms with Crippen LogP contribution in [-0.4, -0.2) is 56.1 Å². The third-order valence-corrected chi connectivity index (χ3v) is 6.02. The summed E-state index contributed by atoms with van der Waals surface area (Å²) in [7, 11) is 0. The number of thioether (sulfide) groups is 1. The molecule has 0 aliphatic carbocycles. The molecule has 1 aliphatic heterocycles. The Labute approximate surface area is 184 Å². The van der Waals surface area contributed by atoms with Crippen LogP contribution in [0.15, 0.2) is 17.1 Å². The van der Waals surface area contributed by atoms with Crippen molar-refractivity contribution in [2.24, 2.45) is 5.92 Å². The van der Waals surface area contributed by atoms with Crippen molar-refractivity contribution < 1.29 is 28.6 Å². The lowest BCUT2D eigenvalue weighted by Crippen LogP contribution is -2.45. The van der Waals surface area contributed by atoms with Crippen LogP contribution in [0.25, 0.3) is 0 Å². The fourth-order valence-corrected chi connectivity index (χ4v) is 4.40. The van der Waals surface area contributed by atoms with Gasteiger partial charge in [-0.1, -0.05) is 6.92 Å². The van der Waals surface area contributed by atoms with Crippen LogP contribution < -0.4 is 10.6 Å². The van der Waals surface area contributed by atoms with E-state index >= 15 is 0 Å². The van der Waals surface area contributed by atoms with Crippen LogP contribution in [0.4, 0.5) is 19.8 Å². The number of aliphatic hydroxyl groups excluding tert-OH is 1. The lowest BCUT2D eigenvalue weighted by atomic mass is 10.0. The smallest absolute Gasteiger partial charge is 0.425 e. The molecule has 0 unspecified atom stereocenters. The predicted molar refractivity (Wildman–Crippen MR) is 115 cm³/mol. The number of amides is 2. The van der Waals surface area contributed by atoms with Gasteiger partial charge in [-0.05, 0) is 47.6 Å². The van der Waals surface area contributed by atoms with E-state index in [1.54, 1.807) is 48.5 Å². The summed E-state index contributed by atoms with van der Waals surface area (Å²) in [5.41, 5.74) is -2.67. The standard InChI is InChI=1S/C20H30FN3O6S/c1-11-12(10-25)31-15(14(11)21)23-9-8-13(22-16(23)26)24(17(27)29-19(2,3)4)18(28)30-20(5,6)7/h8-9,11-12,14-15,25H,10H2,1-7H3/t11-,12-,14+,15-/m1/s1.